The Kier molecular flexibility index (Phi) is 3.19. The summed E-state index contributed by atoms with van der Waals surface area (Å²) in [4.78, 5) is 13.8. The van der Waals surface area contributed by atoms with E-state index in [1.54, 1.807) is 4.90 Å². The fraction of sp³-hybridized carbons (Fsp3) is 0.533. The molecule has 0 aromatic heterocycles. The quantitative estimate of drug-likeness (QED) is 0.886. The van der Waals surface area contributed by atoms with Crippen LogP contribution in [0.15, 0.2) is 30.3 Å². The number of benzene rings is 1. The molecule has 1 saturated carbocycles. The topological polar surface area (TPSA) is 55.6 Å². The molecule has 0 bridgehead atoms. The summed E-state index contributed by atoms with van der Waals surface area (Å²) in [5, 5.41) is 0. The summed E-state index contributed by atoms with van der Waals surface area (Å²) in [6, 6.07) is 9.74. The molecule has 1 aliphatic heterocycles. The zero-order valence-corrected chi connectivity index (χ0v) is 11.0. The Morgan fingerprint density at radius 1 is 1.42 bits per heavy atom. The lowest BCUT2D eigenvalue weighted by Crippen LogP contribution is -2.44. The molecule has 1 aromatic rings. The highest BCUT2D eigenvalue weighted by Gasteiger charge is 2.48. The molecule has 0 spiro atoms. The van der Waals surface area contributed by atoms with Crippen molar-refractivity contribution in [3.63, 3.8) is 0 Å². The monoisotopic (exact) mass is 260 g/mol. The van der Waals surface area contributed by atoms with Gasteiger partial charge in [0.05, 0.1) is 0 Å². The second-order valence-electron chi connectivity index (χ2n) is 5.74. The Hall–Kier alpha value is -1.55. The van der Waals surface area contributed by atoms with E-state index in [9.17, 15) is 4.79 Å². The molecule has 1 aliphatic carbocycles. The fourth-order valence-electron chi connectivity index (χ4n) is 3.29. The number of hydrogen-bond donors (Lipinski definition) is 1. The smallest absolute Gasteiger partial charge is 0.410 e. The van der Waals surface area contributed by atoms with Gasteiger partial charge in [0.1, 0.15) is 6.61 Å². The Bertz CT molecular complexity index is 462. The van der Waals surface area contributed by atoms with Crippen molar-refractivity contribution in [3.05, 3.63) is 35.9 Å². The highest BCUT2D eigenvalue weighted by molar-refractivity contribution is 5.68. The van der Waals surface area contributed by atoms with E-state index in [1.807, 2.05) is 30.3 Å². The number of carbonyl (C=O) groups excluding carboxylic acids is 1. The third-order valence-electron chi connectivity index (χ3n) is 4.40. The van der Waals surface area contributed by atoms with Crippen LogP contribution in [0.2, 0.25) is 0 Å². The van der Waals surface area contributed by atoms with Gasteiger partial charge in [0.25, 0.3) is 0 Å². The molecule has 102 valence electrons. The van der Waals surface area contributed by atoms with Crippen molar-refractivity contribution in [2.75, 3.05) is 13.1 Å². The highest BCUT2D eigenvalue weighted by atomic mass is 16.6. The van der Waals surface area contributed by atoms with E-state index in [4.69, 9.17) is 10.5 Å². The first-order valence-electron chi connectivity index (χ1n) is 6.92. The van der Waals surface area contributed by atoms with Crippen LogP contribution < -0.4 is 5.73 Å². The Balaban J connectivity index is 1.55. The molecule has 2 fully saturated rings. The summed E-state index contributed by atoms with van der Waals surface area (Å²) < 4.78 is 5.35. The molecule has 1 amide bonds. The molecule has 1 heterocycles. The molecular formula is C15H20N2O2. The summed E-state index contributed by atoms with van der Waals surface area (Å²) in [6.45, 7) is 1.73. The number of nitrogens with zero attached hydrogens (tertiary/aromatic N) is 1. The third kappa shape index (κ3) is 2.45. The molecular weight excluding hydrogens is 240 g/mol. The molecule has 19 heavy (non-hydrogen) atoms. The van der Waals surface area contributed by atoms with E-state index in [1.165, 1.54) is 6.42 Å². The van der Waals surface area contributed by atoms with Crippen LogP contribution in [0.4, 0.5) is 4.79 Å². The number of nitrogens with two attached hydrogens (primary N) is 1. The van der Waals surface area contributed by atoms with Crippen molar-refractivity contribution < 1.29 is 9.53 Å². The van der Waals surface area contributed by atoms with Gasteiger partial charge in [0.2, 0.25) is 0 Å². The van der Waals surface area contributed by atoms with Gasteiger partial charge in [-0.25, -0.2) is 4.79 Å². The first-order chi connectivity index (χ1) is 9.17. The van der Waals surface area contributed by atoms with Crippen molar-refractivity contribution in [2.24, 2.45) is 11.7 Å². The van der Waals surface area contributed by atoms with Gasteiger partial charge < -0.3 is 15.4 Å². The van der Waals surface area contributed by atoms with Gasteiger partial charge >= 0.3 is 6.09 Å². The highest BCUT2D eigenvalue weighted by Crippen LogP contribution is 2.39. The Morgan fingerprint density at radius 3 is 2.95 bits per heavy atom. The lowest BCUT2D eigenvalue weighted by atomic mass is 9.92. The zero-order chi connectivity index (χ0) is 13.3. The SMILES string of the molecule is N[C@@]12CCC[C@@H]1CN(C(=O)OCc1ccccc1)C2. The number of likely N-dealkylation sites (tertiary alicyclic amines) is 1. The van der Waals surface area contributed by atoms with Crippen molar-refractivity contribution in [3.8, 4) is 0 Å². The number of rotatable bonds is 2. The van der Waals surface area contributed by atoms with Crippen molar-refractivity contribution in [1.82, 2.24) is 4.90 Å². The molecule has 0 radical (unpaired) electrons. The first-order valence-corrected chi connectivity index (χ1v) is 6.92. The first kappa shape index (κ1) is 12.5. The number of hydrogen-bond acceptors (Lipinski definition) is 3. The molecule has 2 N–H and O–H groups in total. The summed E-state index contributed by atoms with van der Waals surface area (Å²) in [7, 11) is 0. The summed E-state index contributed by atoms with van der Waals surface area (Å²) >= 11 is 0. The molecule has 2 atom stereocenters. The molecule has 1 saturated heterocycles. The van der Waals surface area contributed by atoms with Crippen molar-refractivity contribution in [1.29, 1.82) is 0 Å². The van der Waals surface area contributed by atoms with Crippen LogP contribution in [-0.4, -0.2) is 29.6 Å². The van der Waals surface area contributed by atoms with Gasteiger partial charge in [-0.2, -0.15) is 0 Å². The molecule has 4 heteroatoms. The molecule has 2 aliphatic rings. The minimum atomic E-state index is -0.233. The average Bonchev–Trinajstić information content (AvgIpc) is 2.92. The lowest BCUT2D eigenvalue weighted by Gasteiger charge is -2.22. The normalized spacial score (nSPS) is 29.3. The molecule has 4 nitrogen and oxygen atoms in total. The van der Waals surface area contributed by atoms with Gasteiger partial charge in [-0.1, -0.05) is 36.8 Å². The maximum atomic E-state index is 12.0. The molecule has 0 unspecified atom stereocenters. The number of amides is 1. The Morgan fingerprint density at radius 2 is 2.21 bits per heavy atom. The maximum Gasteiger partial charge on any atom is 0.410 e. The van der Waals surface area contributed by atoms with Crippen LogP contribution in [0.3, 0.4) is 0 Å². The van der Waals surface area contributed by atoms with Gasteiger partial charge in [-0.3, -0.25) is 0 Å². The van der Waals surface area contributed by atoms with Crippen LogP contribution in [-0.2, 0) is 11.3 Å². The number of ether oxygens (including phenoxy) is 1. The molecule has 3 rings (SSSR count). The third-order valence-corrected chi connectivity index (χ3v) is 4.40. The largest absolute Gasteiger partial charge is 0.445 e. The fourth-order valence-corrected chi connectivity index (χ4v) is 3.29. The van der Waals surface area contributed by atoms with E-state index in [0.29, 0.717) is 19.1 Å². The van der Waals surface area contributed by atoms with Crippen LogP contribution in [0.1, 0.15) is 24.8 Å². The minimum absolute atomic E-state index is 0.161. The van der Waals surface area contributed by atoms with Gasteiger partial charge in [0, 0.05) is 18.6 Å². The summed E-state index contributed by atoms with van der Waals surface area (Å²) in [6.07, 6.45) is 3.12. The van der Waals surface area contributed by atoms with Crippen LogP contribution in [0, 0.1) is 5.92 Å². The van der Waals surface area contributed by atoms with Crippen LogP contribution in [0.25, 0.3) is 0 Å². The predicted molar refractivity (Wildman–Crippen MR) is 72.5 cm³/mol. The average molecular weight is 260 g/mol. The van der Waals surface area contributed by atoms with Gasteiger partial charge in [0.15, 0.2) is 0 Å². The predicted octanol–water partition coefficient (Wildman–Crippen LogP) is 2.14. The summed E-state index contributed by atoms with van der Waals surface area (Å²) in [5.74, 6) is 0.455. The standard InChI is InChI=1S/C15H20N2O2/c16-15-8-4-7-13(15)9-17(11-15)14(18)19-10-12-5-2-1-3-6-12/h1-3,5-6,13H,4,7-11,16H2/t13-,15-/m1/s1. The van der Waals surface area contributed by atoms with Crippen LogP contribution >= 0.6 is 0 Å². The van der Waals surface area contributed by atoms with E-state index < -0.39 is 0 Å². The second-order valence-corrected chi connectivity index (χ2v) is 5.74. The van der Waals surface area contributed by atoms with E-state index in [2.05, 4.69) is 0 Å². The lowest BCUT2D eigenvalue weighted by molar-refractivity contribution is 0.101. The zero-order valence-electron chi connectivity index (χ0n) is 11.0. The van der Waals surface area contributed by atoms with Crippen molar-refractivity contribution >= 4 is 6.09 Å². The Labute approximate surface area is 113 Å². The molecule has 1 aromatic carbocycles. The maximum absolute atomic E-state index is 12.0. The van der Waals surface area contributed by atoms with Crippen molar-refractivity contribution in [2.45, 2.75) is 31.4 Å². The second kappa shape index (κ2) is 4.85. The van der Waals surface area contributed by atoms with E-state index in [-0.39, 0.29) is 11.6 Å². The van der Waals surface area contributed by atoms with Gasteiger partial charge in [-0.05, 0) is 24.3 Å². The van der Waals surface area contributed by atoms with E-state index in [0.717, 1.165) is 24.9 Å². The van der Waals surface area contributed by atoms with Crippen LogP contribution in [0.5, 0.6) is 0 Å². The number of fused-ring (bicyclic) bond motifs is 1. The number of carbonyl (C=O) groups is 1. The van der Waals surface area contributed by atoms with E-state index >= 15 is 0 Å². The summed E-state index contributed by atoms with van der Waals surface area (Å²) in [5.41, 5.74) is 7.20. The minimum Gasteiger partial charge on any atom is -0.445 e. The van der Waals surface area contributed by atoms with Gasteiger partial charge in [-0.15, -0.1) is 0 Å².